The lowest BCUT2D eigenvalue weighted by atomic mass is 9.91. The molecule has 0 aromatic heterocycles. The summed E-state index contributed by atoms with van der Waals surface area (Å²) >= 11 is 0. The summed E-state index contributed by atoms with van der Waals surface area (Å²) < 4.78 is 31.7. The van der Waals surface area contributed by atoms with Gasteiger partial charge in [0.25, 0.3) is 0 Å². The summed E-state index contributed by atoms with van der Waals surface area (Å²) in [5.74, 6) is 3.19. The molecule has 0 bridgehead atoms. The van der Waals surface area contributed by atoms with Crippen LogP contribution in [-0.4, -0.2) is 70.2 Å². The number of carbonyl (C=O) groups is 2. The lowest BCUT2D eigenvalue weighted by molar-refractivity contribution is -0.192. The fourth-order valence-corrected chi connectivity index (χ4v) is 2.13. The number of rotatable bonds is 0. The highest BCUT2D eigenvalue weighted by atomic mass is 19.4. The van der Waals surface area contributed by atoms with Crippen molar-refractivity contribution in [2.24, 2.45) is 0 Å². The van der Waals surface area contributed by atoms with Crippen LogP contribution in [0.3, 0.4) is 0 Å². The lowest BCUT2D eigenvalue weighted by Gasteiger charge is -2.33. The molecule has 0 radical (unpaired) electrons. The van der Waals surface area contributed by atoms with Crippen LogP contribution in [0, 0.1) is 11.8 Å². The Kier molecular flexibility index (Phi) is 7.26. The Hall–Kier alpha value is -2.25. The van der Waals surface area contributed by atoms with Crippen molar-refractivity contribution < 1.29 is 38.1 Å². The summed E-state index contributed by atoms with van der Waals surface area (Å²) in [7, 11) is 0. The number of amides is 1. The summed E-state index contributed by atoms with van der Waals surface area (Å²) in [5.41, 5.74) is 0.0281. The third-order valence-corrected chi connectivity index (χ3v) is 3.62. The minimum absolute atomic E-state index is 0.348. The normalized spacial score (nSPS) is 19.5. The zero-order valence-corrected chi connectivity index (χ0v) is 13.3. The maximum absolute atomic E-state index is 10.8. The maximum Gasteiger partial charge on any atom is 0.490 e. The molecule has 0 aromatic rings. The molecular weight excluding hydrogens is 345 g/mol. The smallest absolute Gasteiger partial charge is 0.475 e. The number of hydrogen-bond acceptors (Lipinski definition) is 4. The maximum atomic E-state index is 10.8. The Bertz CT molecular complexity index is 584. The summed E-state index contributed by atoms with van der Waals surface area (Å²) in [6.07, 6.45) is -2.31. The van der Waals surface area contributed by atoms with E-state index < -0.39 is 23.8 Å². The average Bonchev–Trinajstić information content (AvgIpc) is 2.54. The van der Waals surface area contributed by atoms with Crippen molar-refractivity contribution in [2.75, 3.05) is 26.2 Å². The van der Waals surface area contributed by atoms with Crippen molar-refractivity contribution >= 4 is 12.1 Å². The zero-order chi connectivity index (χ0) is 19.1. The number of hydrogen-bond donors (Lipinski definition) is 4. The highest BCUT2D eigenvalue weighted by Gasteiger charge is 2.38. The Balaban J connectivity index is 0.000000381. The van der Waals surface area contributed by atoms with Crippen LogP contribution >= 0.6 is 0 Å². The lowest BCUT2D eigenvalue weighted by Crippen LogP contribution is -2.45. The van der Waals surface area contributed by atoms with Crippen molar-refractivity contribution in [3.05, 3.63) is 11.6 Å². The first-order chi connectivity index (χ1) is 11.5. The van der Waals surface area contributed by atoms with Gasteiger partial charge in [-0.2, -0.15) is 13.2 Å². The van der Waals surface area contributed by atoms with Crippen molar-refractivity contribution in [3.8, 4) is 11.8 Å². The molecule has 140 valence electrons. The summed E-state index contributed by atoms with van der Waals surface area (Å²) in [6, 6.07) is 0. The Labute approximate surface area is 142 Å². The number of alkyl halides is 3. The van der Waals surface area contributed by atoms with Crippen LogP contribution in [0.4, 0.5) is 18.0 Å². The number of carboxylic acids is 1. The highest BCUT2D eigenvalue weighted by molar-refractivity contribution is 5.73. The van der Waals surface area contributed by atoms with Crippen molar-refractivity contribution in [1.82, 2.24) is 10.2 Å². The van der Waals surface area contributed by atoms with E-state index in [0.29, 0.717) is 25.9 Å². The minimum Gasteiger partial charge on any atom is -0.475 e. The second-order valence-electron chi connectivity index (χ2n) is 5.54. The molecule has 2 aliphatic heterocycles. The minimum atomic E-state index is -5.08. The molecule has 0 atom stereocenters. The monoisotopic (exact) mass is 364 g/mol. The molecule has 0 spiro atoms. The third kappa shape index (κ3) is 7.45. The van der Waals surface area contributed by atoms with Gasteiger partial charge in [-0.25, -0.2) is 9.59 Å². The Morgan fingerprint density at radius 1 is 1.24 bits per heavy atom. The number of carboxylic acid groups (broad SMARTS) is 2. The molecule has 2 heterocycles. The van der Waals surface area contributed by atoms with E-state index in [1.807, 2.05) is 6.08 Å². The van der Waals surface area contributed by atoms with Gasteiger partial charge in [-0.3, -0.25) is 0 Å². The zero-order valence-electron chi connectivity index (χ0n) is 13.3. The van der Waals surface area contributed by atoms with E-state index in [4.69, 9.17) is 15.0 Å². The van der Waals surface area contributed by atoms with Crippen molar-refractivity contribution in [1.29, 1.82) is 0 Å². The van der Waals surface area contributed by atoms with Gasteiger partial charge in [0.2, 0.25) is 0 Å². The van der Waals surface area contributed by atoms with E-state index in [1.54, 1.807) is 0 Å². The number of halogens is 3. The summed E-state index contributed by atoms with van der Waals surface area (Å²) in [4.78, 5) is 21.0. The third-order valence-electron chi connectivity index (χ3n) is 3.62. The molecule has 0 aromatic carbocycles. The van der Waals surface area contributed by atoms with Crippen LogP contribution in [0.2, 0.25) is 0 Å². The standard InChI is InChI=1S/C13H18N2O3.C2HF3O2/c16-12(17)15-9-5-13(18,6-10-15)4-1-11-2-7-14-8-3-11;3-2(4,5)1(6)7/h2,14,18H,3,5-10H2,(H,16,17);(H,6,7). The SMILES string of the molecule is O=C(O)C(F)(F)F.O=C(O)N1CCC(O)(C#CC2=CCNCC2)CC1. The van der Waals surface area contributed by atoms with Gasteiger partial charge >= 0.3 is 18.2 Å². The predicted octanol–water partition coefficient (Wildman–Crippen LogP) is 1.05. The van der Waals surface area contributed by atoms with E-state index in [-0.39, 0.29) is 0 Å². The molecule has 2 rings (SSSR count). The van der Waals surface area contributed by atoms with Gasteiger partial charge in [-0.1, -0.05) is 17.9 Å². The molecule has 1 fully saturated rings. The van der Waals surface area contributed by atoms with Crippen LogP contribution < -0.4 is 5.32 Å². The molecule has 25 heavy (non-hydrogen) atoms. The molecule has 1 amide bonds. The van der Waals surface area contributed by atoms with Gasteiger partial charge in [0.1, 0.15) is 5.60 Å². The number of nitrogens with zero attached hydrogens (tertiary/aromatic N) is 1. The van der Waals surface area contributed by atoms with Crippen LogP contribution in [0.5, 0.6) is 0 Å². The molecule has 0 unspecified atom stereocenters. The molecular formula is C15H19F3N2O5. The molecule has 4 N–H and O–H groups in total. The first-order valence-corrected chi connectivity index (χ1v) is 7.47. The number of likely N-dealkylation sites (tertiary alicyclic amines) is 1. The number of nitrogens with one attached hydrogen (secondary N) is 1. The van der Waals surface area contributed by atoms with Crippen LogP contribution in [-0.2, 0) is 4.79 Å². The van der Waals surface area contributed by atoms with Gasteiger partial charge in [-0.15, -0.1) is 0 Å². The topological polar surface area (TPSA) is 110 Å². The number of aliphatic carboxylic acids is 1. The fraction of sp³-hybridized carbons (Fsp3) is 0.600. The van der Waals surface area contributed by atoms with Gasteiger partial charge in [0.15, 0.2) is 0 Å². The summed E-state index contributed by atoms with van der Waals surface area (Å²) in [5, 5.41) is 29.4. The van der Waals surface area contributed by atoms with E-state index in [1.165, 1.54) is 4.90 Å². The second-order valence-corrected chi connectivity index (χ2v) is 5.54. The quantitative estimate of drug-likeness (QED) is 0.478. The molecule has 0 aliphatic carbocycles. The largest absolute Gasteiger partial charge is 0.490 e. The first kappa shape index (κ1) is 20.8. The second kappa shape index (κ2) is 8.73. The van der Waals surface area contributed by atoms with E-state index in [9.17, 15) is 23.1 Å². The van der Waals surface area contributed by atoms with E-state index >= 15 is 0 Å². The number of aliphatic hydroxyl groups is 1. The molecule has 7 nitrogen and oxygen atoms in total. The first-order valence-electron chi connectivity index (χ1n) is 7.47. The van der Waals surface area contributed by atoms with Crippen molar-refractivity contribution in [3.63, 3.8) is 0 Å². The molecule has 2 aliphatic rings. The van der Waals surface area contributed by atoms with E-state index in [0.717, 1.165) is 25.1 Å². The Morgan fingerprint density at radius 3 is 2.20 bits per heavy atom. The van der Waals surface area contributed by atoms with Crippen molar-refractivity contribution in [2.45, 2.75) is 31.0 Å². The summed E-state index contributed by atoms with van der Waals surface area (Å²) in [6.45, 7) is 2.45. The van der Waals surface area contributed by atoms with Gasteiger partial charge in [0, 0.05) is 44.6 Å². The van der Waals surface area contributed by atoms with Gasteiger partial charge in [-0.05, 0) is 6.42 Å². The Morgan fingerprint density at radius 2 is 1.80 bits per heavy atom. The highest BCUT2D eigenvalue weighted by Crippen LogP contribution is 2.21. The number of piperidine rings is 1. The molecule has 1 saturated heterocycles. The van der Waals surface area contributed by atoms with Gasteiger partial charge < -0.3 is 25.5 Å². The van der Waals surface area contributed by atoms with Gasteiger partial charge in [0.05, 0.1) is 0 Å². The van der Waals surface area contributed by atoms with Crippen LogP contribution in [0.15, 0.2) is 11.6 Å². The fourth-order valence-electron chi connectivity index (χ4n) is 2.13. The van der Waals surface area contributed by atoms with Crippen LogP contribution in [0.25, 0.3) is 0 Å². The van der Waals surface area contributed by atoms with Crippen LogP contribution in [0.1, 0.15) is 19.3 Å². The van der Waals surface area contributed by atoms with E-state index in [2.05, 4.69) is 17.2 Å². The molecule has 10 heteroatoms. The average molecular weight is 364 g/mol. The predicted molar refractivity (Wildman–Crippen MR) is 80.8 cm³/mol. The molecule has 0 saturated carbocycles.